The van der Waals surface area contributed by atoms with Crippen LogP contribution < -0.4 is 0 Å². The molecule has 0 heterocycles. The topological polar surface area (TPSA) is 63.2 Å². The van der Waals surface area contributed by atoms with Crippen LogP contribution in [-0.2, 0) is 28.2 Å². The summed E-state index contributed by atoms with van der Waals surface area (Å²) in [5, 5.41) is 0.0453. The fraction of sp³-hybridized carbons (Fsp3) is 0.762. The van der Waals surface area contributed by atoms with E-state index >= 15 is 0 Å². The van der Waals surface area contributed by atoms with Crippen molar-refractivity contribution in [3.05, 3.63) is 24.3 Å². The molecule has 0 unspecified atom stereocenters. The minimum atomic E-state index is -2.08. The molecule has 28 heavy (non-hydrogen) atoms. The SMILES string of the molecule is C=C[C@H]1[C@H](O[Si](C)(C)C(C)(C)C)C=C(COCOC)C(=O)[C@@]1(C)COCOC. The summed E-state index contributed by atoms with van der Waals surface area (Å²) >= 11 is 0. The molecule has 0 bridgehead atoms. The normalized spacial score (nSPS) is 26.3. The Balaban J connectivity index is 3.27. The zero-order valence-corrected chi connectivity index (χ0v) is 19.8. The standard InChI is InChI=1S/C21H38O6Si/c1-10-17-18(27-28(8,9)20(2,3)4)11-16(12-25-14-23-6)19(22)21(17,5)13-26-15-24-7/h10-11,17-18H,1,12-15H2,2-9H3/t17-,18+,21-/m0/s1. The van der Waals surface area contributed by atoms with Crippen molar-refractivity contribution in [2.24, 2.45) is 11.3 Å². The first kappa shape index (κ1) is 25.2. The van der Waals surface area contributed by atoms with Crippen molar-refractivity contribution in [1.82, 2.24) is 0 Å². The van der Waals surface area contributed by atoms with Crippen LogP contribution in [0.15, 0.2) is 24.3 Å². The number of hydrogen-bond acceptors (Lipinski definition) is 6. The second-order valence-corrected chi connectivity index (χ2v) is 13.8. The molecule has 0 fully saturated rings. The molecular weight excluding hydrogens is 376 g/mol. The van der Waals surface area contributed by atoms with Gasteiger partial charge in [-0.2, -0.15) is 0 Å². The van der Waals surface area contributed by atoms with E-state index in [0.29, 0.717) is 5.57 Å². The third-order valence-electron chi connectivity index (χ3n) is 5.82. The molecule has 0 saturated heterocycles. The van der Waals surface area contributed by atoms with Crippen molar-refractivity contribution in [1.29, 1.82) is 0 Å². The van der Waals surface area contributed by atoms with Crippen molar-refractivity contribution in [2.45, 2.75) is 51.9 Å². The highest BCUT2D eigenvalue weighted by Gasteiger charge is 2.50. The summed E-state index contributed by atoms with van der Waals surface area (Å²) in [5.41, 5.74) is -0.226. The van der Waals surface area contributed by atoms with Crippen LogP contribution in [0.3, 0.4) is 0 Å². The van der Waals surface area contributed by atoms with Crippen molar-refractivity contribution >= 4 is 14.1 Å². The molecule has 6 nitrogen and oxygen atoms in total. The number of carbonyl (C=O) groups excluding carboxylic acids is 1. The highest BCUT2D eigenvalue weighted by atomic mass is 28.4. The van der Waals surface area contributed by atoms with E-state index in [4.69, 9.17) is 23.4 Å². The molecule has 0 aromatic rings. The van der Waals surface area contributed by atoms with Gasteiger partial charge in [0.25, 0.3) is 0 Å². The fourth-order valence-electron chi connectivity index (χ4n) is 3.12. The number of ketones is 1. The van der Waals surface area contributed by atoms with E-state index in [2.05, 4.69) is 40.4 Å². The second kappa shape index (κ2) is 10.3. The molecule has 0 amide bonds. The molecule has 162 valence electrons. The van der Waals surface area contributed by atoms with Gasteiger partial charge >= 0.3 is 0 Å². The Morgan fingerprint density at radius 2 is 1.75 bits per heavy atom. The Kier molecular flexibility index (Phi) is 9.25. The van der Waals surface area contributed by atoms with Crippen LogP contribution in [-0.4, -0.2) is 61.2 Å². The lowest BCUT2D eigenvalue weighted by Gasteiger charge is -2.46. The number of carbonyl (C=O) groups is 1. The Labute approximate surface area is 171 Å². The first-order valence-electron chi connectivity index (χ1n) is 9.64. The zero-order chi connectivity index (χ0) is 21.6. The summed E-state index contributed by atoms with van der Waals surface area (Å²) in [5.74, 6) is -0.225. The minimum absolute atomic E-state index is 0.0142. The molecule has 0 aromatic heterocycles. The molecule has 1 aliphatic carbocycles. The summed E-state index contributed by atoms with van der Waals surface area (Å²) in [6.07, 6.45) is 3.45. The maximum absolute atomic E-state index is 13.3. The number of methoxy groups -OCH3 is 2. The second-order valence-electron chi connectivity index (χ2n) is 9.05. The third kappa shape index (κ3) is 5.84. The van der Waals surface area contributed by atoms with Gasteiger partial charge in [-0.25, -0.2) is 0 Å². The number of rotatable bonds is 11. The molecule has 7 heteroatoms. The predicted octanol–water partition coefficient (Wildman–Crippen LogP) is 3.94. The van der Waals surface area contributed by atoms with Gasteiger partial charge in [0.2, 0.25) is 0 Å². The van der Waals surface area contributed by atoms with Gasteiger partial charge in [0.1, 0.15) is 13.6 Å². The Morgan fingerprint density at radius 1 is 1.18 bits per heavy atom. The molecule has 0 spiro atoms. The number of Topliss-reactive ketones (excluding diaryl/α,β-unsaturated/α-hetero) is 1. The first-order chi connectivity index (χ1) is 12.9. The summed E-state index contributed by atoms with van der Waals surface area (Å²) in [7, 11) is 1.04. The molecule has 0 N–H and O–H groups in total. The van der Waals surface area contributed by atoms with Gasteiger partial charge in [-0.1, -0.05) is 26.8 Å². The largest absolute Gasteiger partial charge is 0.410 e. The molecule has 0 aliphatic heterocycles. The predicted molar refractivity (Wildman–Crippen MR) is 113 cm³/mol. The van der Waals surface area contributed by atoms with Gasteiger partial charge in [-0.05, 0) is 31.1 Å². The van der Waals surface area contributed by atoms with Crippen molar-refractivity contribution in [3.63, 3.8) is 0 Å². The maximum Gasteiger partial charge on any atom is 0.192 e. The van der Waals surface area contributed by atoms with Gasteiger partial charge < -0.3 is 23.4 Å². The third-order valence-corrected chi connectivity index (χ3v) is 10.3. The van der Waals surface area contributed by atoms with E-state index in [-0.39, 0.29) is 49.6 Å². The molecule has 0 radical (unpaired) electrons. The first-order valence-corrected chi connectivity index (χ1v) is 12.5. The Bertz CT molecular complexity index is 566. The molecular formula is C21H38O6Si. The highest BCUT2D eigenvalue weighted by Crippen LogP contribution is 2.44. The highest BCUT2D eigenvalue weighted by molar-refractivity contribution is 6.74. The smallest absolute Gasteiger partial charge is 0.192 e. The van der Waals surface area contributed by atoms with Crippen LogP contribution in [0.2, 0.25) is 18.1 Å². The quantitative estimate of drug-likeness (QED) is 0.221. The fourth-order valence-corrected chi connectivity index (χ4v) is 4.37. The monoisotopic (exact) mass is 414 g/mol. The maximum atomic E-state index is 13.3. The van der Waals surface area contributed by atoms with E-state index < -0.39 is 13.7 Å². The Morgan fingerprint density at radius 3 is 2.25 bits per heavy atom. The lowest BCUT2D eigenvalue weighted by Crippen LogP contribution is -2.53. The van der Waals surface area contributed by atoms with Crippen LogP contribution in [0.1, 0.15) is 27.7 Å². The minimum Gasteiger partial charge on any atom is -0.410 e. The summed E-state index contributed by atoms with van der Waals surface area (Å²) in [6.45, 7) is 17.6. The van der Waals surface area contributed by atoms with E-state index in [1.807, 2.05) is 19.1 Å². The zero-order valence-electron chi connectivity index (χ0n) is 18.8. The molecule has 0 saturated carbocycles. The van der Waals surface area contributed by atoms with Crippen LogP contribution in [0.25, 0.3) is 0 Å². The lowest BCUT2D eigenvalue weighted by molar-refractivity contribution is -0.140. The van der Waals surface area contributed by atoms with Gasteiger partial charge in [-0.15, -0.1) is 6.58 Å². The summed E-state index contributed by atoms with van der Waals surface area (Å²) < 4.78 is 27.8. The average molecular weight is 415 g/mol. The molecule has 3 atom stereocenters. The van der Waals surface area contributed by atoms with E-state index in [0.717, 1.165) is 0 Å². The van der Waals surface area contributed by atoms with E-state index in [1.54, 1.807) is 14.2 Å². The van der Waals surface area contributed by atoms with Crippen LogP contribution >= 0.6 is 0 Å². The van der Waals surface area contributed by atoms with Gasteiger partial charge in [0.05, 0.1) is 24.7 Å². The van der Waals surface area contributed by atoms with Crippen molar-refractivity contribution in [2.75, 3.05) is 41.0 Å². The molecule has 1 rings (SSSR count). The molecule has 1 aliphatic rings. The van der Waals surface area contributed by atoms with E-state index in [9.17, 15) is 4.79 Å². The van der Waals surface area contributed by atoms with Crippen LogP contribution in [0.5, 0.6) is 0 Å². The lowest BCUT2D eigenvalue weighted by atomic mass is 9.66. The molecule has 0 aromatic carbocycles. The van der Waals surface area contributed by atoms with Gasteiger partial charge in [0, 0.05) is 25.7 Å². The van der Waals surface area contributed by atoms with Gasteiger partial charge in [0.15, 0.2) is 14.1 Å². The average Bonchev–Trinajstić information content (AvgIpc) is 2.58. The number of hydrogen-bond donors (Lipinski definition) is 0. The van der Waals surface area contributed by atoms with Crippen molar-refractivity contribution in [3.8, 4) is 0 Å². The Hall–Kier alpha value is -0.833. The van der Waals surface area contributed by atoms with Gasteiger partial charge in [-0.3, -0.25) is 4.79 Å². The summed E-state index contributed by atoms with van der Waals surface area (Å²) in [6, 6.07) is 0. The van der Waals surface area contributed by atoms with E-state index in [1.165, 1.54) is 0 Å². The van der Waals surface area contributed by atoms with Crippen LogP contribution in [0.4, 0.5) is 0 Å². The van der Waals surface area contributed by atoms with Crippen LogP contribution in [0, 0.1) is 11.3 Å². The summed E-state index contributed by atoms with van der Waals surface area (Å²) in [4.78, 5) is 13.3. The van der Waals surface area contributed by atoms with Crippen molar-refractivity contribution < 1.29 is 28.2 Å². The number of ether oxygens (including phenoxy) is 4.